The number of hydrogen-bond acceptors (Lipinski definition) is 5. The van der Waals surface area contributed by atoms with Gasteiger partial charge in [0.15, 0.2) is 0 Å². The summed E-state index contributed by atoms with van der Waals surface area (Å²) in [6.07, 6.45) is 0. The van der Waals surface area contributed by atoms with Crippen molar-refractivity contribution in [3.8, 4) is 0 Å². The molecule has 0 aliphatic carbocycles. The van der Waals surface area contributed by atoms with Crippen molar-refractivity contribution in [1.82, 2.24) is 9.80 Å². The Morgan fingerprint density at radius 3 is 2.21 bits per heavy atom. The third-order valence-electron chi connectivity index (χ3n) is 5.40. The number of thiophene rings is 1. The van der Waals surface area contributed by atoms with Crippen molar-refractivity contribution in [2.75, 3.05) is 13.1 Å². The Kier molecular flexibility index (Phi) is 8.54. The van der Waals surface area contributed by atoms with Crippen molar-refractivity contribution in [2.24, 2.45) is 5.92 Å². The van der Waals surface area contributed by atoms with Gasteiger partial charge < -0.3 is 9.80 Å². The second kappa shape index (κ2) is 11.6. The molecule has 34 heavy (non-hydrogen) atoms. The number of nitro groups is 1. The van der Waals surface area contributed by atoms with Crippen molar-refractivity contribution in [1.29, 1.82) is 0 Å². The molecule has 0 atom stereocenters. The summed E-state index contributed by atoms with van der Waals surface area (Å²) in [6, 6.07) is 17.3. The highest BCUT2D eigenvalue weighted by molar-refractivity contribution is 7.10. The van der Waals surface area contributed by atoms with Crippen LogP contribution in [0, 0.1) is 23.0 Å². The number of aryl methyl sites for hydroxylation is 1. The quantitative estimate of drug-likeness (QED) is 0.292. The number of nitro benzene ring substituents is 1. The molecule has 2 amide bonds. The molecule has 1 aromatic heterocycles. The number of benzene rings is 2. The van der Waals surface area contributed by atoms with Gasteiger partial charge in [0.25, 0.3) is 11.6 Å². The van der Waals surface area contributed by atoms with E-state index in [1.165, 1.54) is 29.2 Å². The highest BCUT2D eigenvalue weighted by Gasteiger charge is 2.24. The van der Waals surface area contributed by atoms with Crippen LogP contribution in [0.1, 0.15) is 40.2 Å². The minimum atomic E-state index is -0.502. The van der Waals surface area contributed by atoms with Crippen LogP contribution in [0.15, 0.2) is 66.0 Å². The topological polar surface area (TPSA) is 83.8 Å². The van der Waals surface area contributed by atoms with Gasteiger partial charge in [0, 0.05) is 35.7 Å². The Hall–Kier alpha value is -3.52. The Labute approximate surface area is 203 Å². The molecule has 1 heterocycles. The first-order valence-corrected chi connectivity index (χ1v) is 12.0. The van der Waals surface area contributed by atoms with Crippen LogP contribution in [0.4, 0.5) is 5.69 Å². The van der Waals surface area contributed by atoms with Gasteiger partial charge in [-0.1, -0.05) is 44.2 Å². The highest BCUT2D eigenvalue weighted by Crippen LogP contribution is 2.20. The highest BCUT2D eigenvalue weighted by atomic mass is 32.1. The van der Waals surface area contributed by atoms with Crippen LogP contribution in [0.3, 0.4) is 0 Å². The molecule has 7 nitrogen and oxygen atoms in total. The van der Waals surface area contributed by atoms with Gasteiger partial charge in [-0.25, -0.2) is 0 Å². The molecular weight excluding hydrogens is 450 g/mol. The van der Waals surface area contributed by atoms with Gasteiger partial charge in [0.2, 0.25) is 5.91 Å². The number of amides is 2. The summed E-state index contributed by atoms with van der Waals surface area (Å²) in [4.78, 5) is 41.6. The van der Waals surface area contributed by atoms with E-state index in [2.05, 4.69) is 0 Å². The SMILES string of the molecule is Cc1ccsc1CN(Cc1ccccc1)C(=O)CN(CC(C)C)C(=O)c1ccc([N+](=O)[O-])cc1. The first kappa shape index (κ1) is 25.1. The fourth-order valence-electron chi connectivity index (χ4n) is 3.61. The summed E-state index contributed by atoms with van der Waals surface area (Å²) in [6.45, 7) is 7.25. The van der Waals surface area contributed by atoms with Gasteiger partial charge in [-0.15, -0.1) is 11.3 Å². The average Bonchev–Trinajstić information content (AvgIpc) is 3.22. The third-order valence-corrected chi connectivity index (χ3v) is 6.40. The summed E-state index contributed by atoms with van der Waals surface area (Å²) in [7, 11) is 0. The lowest BCUT2D eigenvalue weighted by molar-refractivity contribution is -0.384. The van der Waals surface area contributed by atoms with E-state index in [1.54, 1.807) is 16.2 Å². The van der Waals surface area contributed by atoms with Crippen LogP contribution in [0.25, 0.3) is 0 Å². The first-order valence-electron chi connectivity index (χ1n) is 11.1. The van der Waals surface area contributed by atoms with Crippen LogP contribution in [-0.4, -0.2) is 39.6 Å². The second-order valence-corrected chi connectivity index (χ2v) is 9.65. The minimum absolute atomic E-state index is 0.0642. The molecule has 178 valence electrons. The summed E-state index contributed by atoms with van der Waals surface area (Å²) < 4.78 is 0. The lowest BCUT2D eigenvalue weighted by Crippen LogP contribution is -2.43. The maximum absolute atomic E-state index is 13.5. The summed E-state index contributed by atoms with van der Waals surface area (Å²) in [5, 5.41) is 13.0. The number of rotatable bonds is 10. The van der Waals surface area contributed by atoms with Gasteiger partial charge in [0.05, 0.1) is 11.5 Å². The zero-order valence-corrected chi connectivity index (χ0v) is 20.5. The average molecular weight is 480 g/mol. The van der Waals surface area contributed by atoms with Crippen LogP contribution >= 0.6 is 11.3 Å². The van der Waals surface area contributed by atoms with E-state index in [0.29, 0.717) is 25.2 Å². The number of hydrogen-bond donors (Lipinski definition) is 0. The monoisotopic (exact) mass is 479 g/mol. The second-order valence-electron chi connectivity index (χ2n) is 8.65. The number of carbonyl (C=O) groups is 2. The lowest BCUT2D eigenvalue weighted by atomic mass is 10.1. The van der Waals surface area contributed by atoms with Gasteiger partial charge in [0.1, 0.15) is 6.54 Å². The van der Waals surface area contributed by atoms with E-state index in [0.717, 1.165) is 16.0 Å². The maximum Gasteiger partial charge on any atom is 0.269 e. The van der Waals surface area contributed by atoms with Gasteiger partial charge in [-0.3, -0.25) is 19.7 Å². The number of nitrogens with zero attached hydrogens (tertiary/aromatic N) is 3. The van der Waals surface area contributed by atoms with Crippen molar-refractivity contribution < 1.29 is 14.5 Å². The Bertz CT molecular complexity index is 1130. The van der Waals surface area contributed by atoms with Crippen LogP contribution in [0.2, 0.25) is 0 Å². The van der Waals surface area contributed by atoms with E-state index in [4.69, 9.17) is 0 Å². The van der Waals surface area contributed by atoms with E-state index < -0.39 is 4.92 Å². The third kappa shape index (κ3) is 6.74. The largest absolute Gasteiger partial charge is 0.332 e. The minimum Gasteiger partial charge on any atom is -0.332 e. The summed E-state index contributed by atoms with van der Waals surface area (Å²) in [5.41, 5.74) is 2.39. The fourth-order valence-corrected chi connectivity index (χ4v) is 4.53. The van der Waals surface area contributed by atoms with Crippen LogP contribution < -0.4 is 0 Å². The van der Waals surface area contributed by atoms with E-state index in [-0.39, 0.29) is 30.0 Å². The molecule has 0 saturated heterocycles. The zero-order chi connectivity index (χ0) is 24.7. The fraction of sp³-hybridized carbons (Fsp3) is 0.308. The molecule has 0 aliphatic heterocycles. The smallest absolute Gasteiger partial charge is 0.269 e. The first-order chi connectivity index (χ1) is 16.2. The van der Waals surface area contributed by atoms with E-state index in [9.17, 15) is 19.7 Å². The molecule has 3 aromatic rings. The molecular formula is C26H29N3O4S. The lowest BCUT2D eigenvalue weighted by Gasteiger charge is -2.29. The van der Waals surface area contributed by atoms with E-state index >= 15 is 0 Å². The van der Waals surface area contributed by atoms with Crippen LogP contribution in [0.5, 0.6) is 0 Å². The Morgan fingerprint density at radius 1 is 0.971 bits per heavy atom. The van der Waals surface area contributed by atoms with Gasteiger partial charge in [-0.05, 0) is 47.5 Å². The number of non-ortho nitro benzene ring substituents is 1. The van der Waals surface area contributed by atoms with Crippen molar-refractivity contribution >= 4 is 28.8 Å². The molecule has 8 heteroatoms. The molecule has 0 spiro atoms. The van der Waals surface area contributed by atoms with Crippen LogP contribution in [-0.2, 0) is 17.9 Å². The molecule has 0 aliphatic rings. The predicted octanol–water partition coefficient (Wildman–Crippen LogP) is 5.29. The van der Waals surface area contributed by atoms with Gasteiger partial charge in [-0.2, -0.15) is 0 Å². The van der Waals surface area contributed by atoms with Crippen molar-refractivity contribution in [3.63, 3.8) is 0 Å². The standard InChI is InChI=1S/C26H29N3O4S/c1-19(2)15-28(26(31)22-9-11-23(12-10-22)29(32)33)18-25(30)27(16-21-7-5-4-6-8-21)17-24-20(3)13-14-34-24/h4-14,19H,15-18H2,1-3H3. The molecule has 0 radical (unpaired) electrons. The Morgan fingerprint density at radius 2 is 1.65 bits per heavy atom. The molecule has 2 aromatic carbocycles. The van der Waals surface area contributed by atoms with Crippen molar-refractivity contribution in [2.45, 2.75) is 33.9 Å². The van der Waals surface area contributed by atoms with Gasteiger partial charge >= 0.3 is 0 Å². The molecule has 0 unspecified atom stereocenters. The van der Waals surface area contributed by atoms with E-state index in [1.807, 2.05) is 62.5 Å². The normalized spacial score (nSPS) is 10.8. The molecule has 0 N–H and O–H groups in total. The Balaban J connectivity index is 1.82. The maximum atomic E-state index is 13.5. The molecule has 0 bridgehead atoms. The predicted molar refractivity (Wildman–Crippen MR) is 134 cm³/mol. The number of carbonyl (C=O) groups excluding carboxylic acids is 2. The summed E-state index contributed by atoms with van der Waals surface area (Å²) >= 11 is 1.61. The zero-order valence-electron chi connectivity index (χ0n) is 19.6. The molecule has 0 fully saturated rings. The summed E-state index contributed by atoms with van der Waals surface area (Å²) in [5.74, 6) is -0.312. The van der Waals surface area contributed by atoms with Crippen molar-refractivity contribution in [3.05, 3.63) is 97.7 Å². The molecule has 0 saturated carbocycles. The molecule has 3 rings (SSSR count).